The number of carbonyl (C=O) groups is 2. The summed E-state index contributed by atoms with van der Waals surface area (Å²) in [5.41, 5.74) is 1.69. The number of aromatic nitrogens is 1. The molecule has 1 saturated heterocycles. The third kappa shape index (κ3) is 3.73. The van der Waals surface area contributed by atoms with E-state index in [0.717, 1.165) is 28.8 Å². The third-order valence-corrected chi connectivity index (χ3v) is 6.80. The van der Waals surface area contributed by atoms with Crippen molar-refractivity contribution in [2.45, 2.75) is 32.2 Å². The van der Waals surface area contributed by atoms with Crippen LogP contribution in [0.1, 0.15) is 45.3 Å². The summed E-state index contributed by atoms with van der Waals surface area (Å²) in [7, 11) is 0. The lowest BCUT2D eigenvalue weighted by atomic mass is 9.96. The van der Waals surface area contributed by atoms with Crippen LogP contribution in [0.2, 0.25) is 0 Å². The number of hydrogen-bond acceptors (Lipinski definition) is 5. The number of thiazole rings is 1. The van der Waals surface area contributed by atoms with Crippen LogP contribution in [0, 0.1) is 12.7 Å². The molecular formula is C25H21FN2O3S. The molecule has 1 atom stereocenters. The largest absolute Gasteiger partial charge is 0.453 e. The van der Waals surface area contributed by atoms with Crippen molar-refractivity contribution in [2.24, 2.45) is 0 Å². The van der Waals surface area contributed by atoms with Gasteiger partial charge in [-0.15, -0.1) is 11.3 Å². The van der Waals surface area contributed by atoms with Gasteiger partial charge < -0.3 is 9.32 Å². The van der Waals surface area contributed by atoms with E-state index in [9.17, 15) is 14.0 Å². The Kier molecular flexibility index (Phi) is 5.35. The van der Waals surface area contributed by atoms with Gasteiger partial charge in [0, 0.05) is 11.9 Å². The molecule has 5 nitrogen and oxygen atoms in total. The van der Waals surface area contributed by atoms with E-state index in [0.29, 0.717) is 29.1 Å². The van der Waals surface area contributed by atoms with E-state index in [1.807, 2.05) is 31.2 Å². The molecule has 32 heavy (non-hydrogen) atoms. The summed E-state index contributed by atoms with van der Waals surface area (Å²) in [6.07, 6.45) is 2.27. The predicted octanol–water partition coefficient (Wildman–Crippen LogP) is 5.88. The fourth-order valence-corrected chi connectivity index (χ4v) is 5.14. The highest BCUT2D eigenvalue weighted by atomic mass is 32.1. The molecule has 1 amide bonds. The predicted molar refractivity (Wildman–Crippen MR) is 121 cm³/mol. The topological polar surface area (TPSA) is 63.4 Å². The molecule has 1 aliphatic heterocycles. The van der Waals surface area contributed by atoms with E-state index in [1.54, 1.807) is 23.1 Å². The summed E-state index contributed by atoms with van der Waals surface area (Å²) >= 11 is 1.39. The Bertz CT molecular complexity index is 1280. The summed E-state index contributed by atoms with van der Waals surface area (Å²) in [6, 6.07) is 14.6. The molecule has 4 aromatic rings. The number of piperidine rings is 1. The van der Waals surface area contributed by atoms with Crippen LogP contribution < -0.4 is 0 Å². The average molecular weight is 449 g/mol. The molecule has 0 aliphatic carbocycles. The van der Waals surface area contributed by atoms with Crippen molar-refractivity contribution in [3.63, 3.8) is 0 Å². The first kappa shape index (κ1) is 20.6. The number of furan rings is 1. The summed E-state index contributed by atoms with van der Waals surface area (Å²) in [5, 5.41) is 1.60. The molecule has 1 aliphatic rings. The molecule has 3 heterocycles. The van der Waals surface area contributed by atoms with E-state index in [1.165, 1.54) is 23.5 Å². The molecule has 162 valence electrons. The fourth-order valence-electron chi connectivity index (χ4n) is 4.22. The lowest BCUT2D eigenvalue weighted by Gasteiger charge is -2.34. The van der Waals surface area contributed by atoms with Crippen LogP contribution in [0.5, 0.6) is 0 Å². The number of aryl methyl sites for hydroxylation is 1. The second-order valence-corrected chi connectivity index (χ2v) is 9.14. The fraction of sp³-hybridized carbons (Fsp3) is 0.240. The number of fused-ring (bicyclic) bond motifs is 1. The number of amides is 1. The van der Waals surface area contributed by atoms with Crippen molar-refractivity contribution in [1.82, 2.24) is 9.88 Å². The number of para-hydroxylation sites is 1. The molecule has 1 fully saturated rings. The van der Waals surface area contributed by atoms with Gasteiger partial charge in [0.2, 0.25) is 5.78 Å². The van der Waals surface area contributed by atoms with Gasteiger partial charge in [-0.05, 0) is 56.0 Å². The lowest BCUT2D eigenvalue weighted by Crippen LogP contribution is -2.48. The number of benzene rings is 2. The molecule has 2 aromatic heterocycles. The normalized spacial score (nSPS) is 16.4. The van der Waals surface area contributed by atoms with Crippen LogP contribution in [-0.4, -0.2) is 34.2 Å². The molecule has 7 heteroatoms. The van der Waals surface area contributed by atoms with E-state index >= 15 is 0 Å². The number of carbonyl (C=O) groups excluding carboxylic acids is 2. The Labute approximate surface area is 188 Å². The van der Waals surface area contributed by atoms with Gasteiger partial charge in [0.05, 0.1) is 15.9 Å². The van der Waals surface area contributed by atoms with Crippen LogP contribution in [0.25, 0.3) is 21.4 Å². The minimum atomic E-state index is -0.597. The average Bonchev–Trinajstić information content (AvgIpc) is 3.42. The zero-order valence-electron chi connectivity index (χ0n) is 17.5. The second kappa shape index (κ2) is 8.31. The van der Waals surface area contributed by atoms with Gasteiger partial charge in [0.25, 0.3) is 5.91 Å². The molecule has 2 aromatic carbocycles. The van der Waals surface area contributed by atoms with E-state index < -0.39 is 6.04 Å². The number of hydrogen-bond donors (Lipinski definition) is 0. The monoisotopic (exact) mass is 448 g/mol. The van der Waals surface area contributed by atoms with E-state index in [2.05, 4.69) is 4.98 Å². The van der Waals surface area contributed by atoms with Crippen LogP contribution in [0.3, 0.4) is 0 Å². The molecular weight excluding hydrogens is 427 g/mol. The van der Waals surface area contributed by atoms with Gasteiger partial charge in [0.1, 0.15) is 17.1 Å². The highest BCUT2D eigenvalue weighted by Crippen LogP contribution is 2.33. The maximum atomic E-state index is 13.6. The van der Waals surface area contributed by atoms with Crippen molar-refractivity contribution in [3.8, 4) is 10.4 Å². The highest BCUT2D eigenvalue weighted by molar-refractivity contribution is 7.15. The minimum Gasteiger partial charge on any atom is -0.453 e. The number of ketones is 1. The third-order valence-electron chi connectivity index (χ3n) is 5.78. The minimum absolute atomic E-state index is 0.190. The Hall–Kier alpha value is -3.32. The number of Topliss-reactive ketones (excluding diaryl/α,β-unsaturated/α-hetero) is 1. The Morgan fingerprint density at radius 1 is 1.12 bits per heavy atom. The summed E-state index contributed by atoms with van der Waals surface area (Å²) in [6.45, 7) is 2.32. The van der Waals surface area contributed by atoms with Gasteiger partial charge in [0.15, 0.2) is 5.76 Å². The van der Waals surface area contributed by atoms with Crippen LogP contribution in [-0.2, 0) is 0 Å². The molecule has 0 bridgehead atoms. The lowest BCUT2D eigenvalue weighted by molar-refractivity contribution is 0.0534. The standard InChI is InChI=1S/C25H21FN2O3S/c1-15-27-22(24(32-15)16-9-11-18(26)12-10-16)25(30)28-13-5-4-7-19(28)23(29)21-14-17-6-2-3-8-20(17)31-21/h2-3,6,8-12,14,19H,4-5,7,13H2,1H3. The molecule has 0 radical (unpaired) electrons. The number of halogens is 1. The molecule has 5 rings (SSSR count). The summed E-state index contributed by atoms with van der Waals surface area (Å²) in [4.78, 5) is 33.8. The van der Waals surface area contributed by atoms with Crippen molar-refractivity contribution >= 4 is 34.0 Å². The van der Waals surface area contributed by atoms with Crippen LogP contribution in [0.15, 0.2) is 59.0 Å². The summed E-state index contributed by atoms with van der Waals surface area (Å²) in [5.74, 6) is -0.535. The number of nitrogens with zero attached hydrogens (tertiary/aromatic N) is 2. The van der Waals surface area contributed by atoms with Crippen molar-refractivity contribution in [1.29, 1.82) is 0 Å². The smallest absolute Gasteiger partial charge is 0.274 e. The molecule has 0 N–H and O–H groups in total. The quantitative estimate of drug-likeness (QED) is 0.366. The molecule has 1 unspecified atom stereocenters. The van der Waals surface area contributed by atoms with Crippen molar-refractivity contribution in [3.05, 3.63) is 76.9 Å². The highest BCUT2D eigenvalue weighted by Gasteiger charge is 2.36. The zero-order valence-corrected chi connectivity index (χ0v) is 18.3. The Balaban J connectivity index is 1.48. The zero-order chi connectivity index (χ0) is 22.2. The Morgan fingerprint density at radius 3 is 2.69 bits per heavy atom. The first-order valence-corrected chi connectivity index (χ1v) is 11.4. The van der Waals surface area contributed by atoms with Gasteiger partial charge in [-0.2, -0.15) is 0 Å². The van der Waals surface area contributed by atoms with Crippen LogP contribution in [0.4, 0.5) is 4.39 Å². The van der Waals surface area contributed by atoms with Gasteiger partial charge in [-0.3, -0.25) is 9.59 Å². The number of rotatable bonds is 4. The van der Waals surface area contributed by atoms with Crippen LogP contribution >= 0.6 is 11.3 Å². The van der Waals surface area contributed by atoms with Crippen molar-refractivity contribution < 1.29 is 18.4 Å². The summed E-state index contributed by atoms with van der Waals surface area (Å²) < 4.78 is 19.2. The van der Waals surface area contributed by atoms with Gasteiger partial charge in [-0.25, -0.2) is 9.37 Å². The molecule has 0 spiro atoms. The van der Waals surface area contributed by atoms with Gasteiger partial charge >= 0.3 is 0 Å². The van der Waals surface area contributed by atoms with Crippen molar-refractivity contribution in [2.75, 3.05) is 6.54 Å². The first-order chi connectivity index (χ1) is 15.5. The van der Waals surface area contributed by atoms with E-state index in [-0.39, 0.29) is 23.3 Å². The SMILES string of the molecule is Cc1nc(C(=O)N2CCCCC2C(=O)c2cc3ccccc3o2)c(-c2ccc(F)cc2)s1. The molecule has 0 saturated carbocycles. The Morgan fingerprint density at radius 2 is 1.91 bits per heavy atom. The first-order valence-electron chi connectivity index (χ1n) is 10.6. The second-order valence-electron chi connectivity index (χ2n) is 7.94. The number of likely N-dealkylation sites (tertiary alicyclic amines) is 1. The van der Waals surface area contributed by atoms with Gasteiger partial charge in [-0.1, -0.05) is 30.3 Å². The van der Waals surface area contributed by atoms with E-state index in [4.69, 9.17) is 4.42 Å². The maximum Gasteiger partial charge on any atom is 0.274 e. The maximum absolute atomic E-state index is 13.6.